The first-order chi connectivity index (χ1) is 11.2. The molecule has 23 heavy (non-hydrogen) atoms. The Kier molecular flexibility index (Phi) is 4.62. The summed E-state index contributed by atoms with van der Waals surface area (Å²) in [5.74, 6) is 3.86. The molecule has 0 saturated heterocycles. The van der Waals surface area contributed by atoms with E-state index in [9.17, 15) is 0 Å². The minimum absolute atomic E-state index is 0.411. The van der Waals surface area contributed by atoms with Gasteiger partial charge in [0.2, 0.25) is 0 Å². The van der Waals surface area contributed by atoms with E-state index in [1.54, 1.807) is 13.3 Å². The third-order valence-electron chi connectivity index (χ3n) is 3.83. The highest BCUT2D eigenvalue weighted by Crippen LogP contribution is 2.47. The number of nitrogens with zero attached hydrogens (tertiary/aromatic N) is 1. The number of hydrogen-bond donors (Lipinski definition) is 2. The zero-order valence-corrected chi connectivity index (χ0v) is 13.9. The minimum atomic E-state index is 0.411. The van der Waals surface area contributed by atoms with Crippen LogP contribution >= 0.6 is 12.2 Å². The highest BCUT2D eigenvalue weighted by atomic mass is 32.1. The van der Waals surface area contributed by atoms with Crippen LogP contribution < -0.4 is 15.5 Å². The van der Waals surface area contributed by atoms with Crippen LogP contribution in [0.2, 0.25) is 0 Å². The summed E-state index contributed by atoms with van der Waals surface area (Å²) in [5.41, 5.74) is 3.63. The second-order valence-electron chi connectivity index (χ2n) is 5.61. The van der Waals surface area contributed by atoms with Gasteiger partial charge in [0, 0.05) is 11.6 Å². The third kappa shape index (κ3) is 4.10. The van der Waals surface area contributed by atoms with E-state index in [0.717, 1.165) is 28.9 Å². The summed E-state index contributed by atoms with van der Waals surface area (Å²) in [5, 5.41) is 7.54. The van der Waals surface area contributed by atoms with Gasteiger partial charge in [0.1, 0.15) is 17.3 Å². The second kappa shape index (κ2) is 6.83. The minimum Gasteiger partial charge on any atom is -0.497 e. The van der Waals surface area contributed by atoms with Gasteiger partial charge >= 0.3 is 0 Å². The quantitative estimate of drug-likeness (QED) is 0.497. The van der Waals surface area contributed by atoms with E-state index in [0.29, 0.717) is 11.0 Å². The molecule has 6 heteroatoms. The van der Waals surface area contributed by atoms with Gasteiger partial charge in [0.15, 0.2) is 5.11 Å². The summed E-state index contributed by atoms with van der Waals surface area (Å²) in [7, 11) is 1.63. The largest absolute Gasteiger partial charge is 0.497 e. The zero-order chi connectivity index (χ0) is 16.2. The average Bonchev–Trinajstić information content (AvgIpc) is 3.09. The van der Waals surface area contributed by atoms with E-state index in [1.807, 2.05) is 36.4 Å². The lowest BCUT2D eigenvalue weighted by atomic mass is 10.3. The number of nitrogens with one attached hydrogen (secondary N) is 2. The number of furan rings is 1. The highest BCUT2D eigenvalue weighted by Gasteiger charge is 2.36. The first kappa shape index (κ1) is 15.6. The summed E-state index contributed by atoms with van der Waals surface area (Å²) in [6.45, 7) is 2.23. The Bertz CT molecular complexity index is 709. The monoisotopic (exact) mass is 329 g/mol. The molecule has 1 fully saturated rings. The predicted molar refractivity (Wildman–Crippen MR) is 95.2 cm³/mol. The number of hydrogen-bond acceptors (Lipinski definition) is 4. The molecule has 1 aromatic carbocycles. The van der Waals surface area contributed by atoms with Gasteiger partial charge in [-0.05, 0) is 61.0 Å². The molecule has 0 spiro atoms. The van der Waals surface area contributed by atoms with Crippen molar-refractivity contribution in [2.45, 2.75) is 19.3 Å². The molecule has 1 saturated carbocycles. The lowest BCUT2D eigenvalue weighted by molar-refractivity contribution is 0.415. The number of anilines is 1. The summed E-state index contributed by atoms with van der Waals surface area (Å²) < 4.78 is 10.8. The van der Waals surface area contributed by atoms with Gasteiger partial charge < -0.3 is 14.5 Å². The standard InChI is InChI=1S/C17H19N3O2S/c1-11-9-15(11)16-8-7-14(22-16)10-18-20-17(23)19-12-3-5-13(21-2)6-4-12/h3-8,10-11,15H,9H2,1-2H3,(H2,19,20,23)/b18-10-/t11-,15-/m0/s1. The van der Waals surface area contributed by atoms with Crippen LogP contribution in [0.15, 0.2) is 45.9 Å². The molecule has 0 bridgehead atoms. The molecule has 5 nitrogen and oxygen atoms in total. The number of rotatable bonds is 5. The maximum absolute atomic E-state index is 5.74. The molecule has 2 N–H and O–H groups in total. The predicted octanol–water partition coefficient (Wildman–Crippen LogP) is 3.73. The van der Waals surface area contributed by atoms with Crippen LogP contribution in [0.4, 0.5) is 5.69 Å². The van der Waals surface area contributed by atoms with Crippen molar-refractivity contribution in [3.8, 4) is 5.75 Å². The number of thiocarbonyl (C=S) groups is 1. The molecule has 1 aromatic heterocycles. The van der Waals surface area contributed by atoms with Crippen LogP contribution in [0.25, 0.3) is 0 Å². The van der Waals surface area contributed by atoms with E-state index in [-0.39, 0.29) is 0 Å². The molecule has 2 atom stereocenters. The maximum atomic E-state index is 5.74. The molecule has 3 rings (SSSR count). The molecule has 1 heterocycles. The van der Waals surface area contributed by atoms with Crippen molar-refractivity contribution < 1.29 is 9.15 Å². The van der Waals surface area contributed by atoms with E-state index < -0.39 is 0 Å². The van der Waals surface area contributed by atoms with Crippen molar-refractivity contribution in [3.05, 3.63) is 47.9 Å². The first-order valence-electron chi connectivity index (χ1n) is 7.49. The Balaban J connectivity index is 1.48. The molecule has 2 aromatic rings. The number of methoxy groups -OCH3 is 1. The Morgan fingerprint density at radius 3 is 2.70 bits per heavy atom. The molecule has 1 aliphatic carbocycles. The molecule has 120 valence electrons. The van der Waals surface area contributed by atoms with E-state index in [2.05, 4.69) is 22.8 Å². The topological polar surface area (TPSA) is 58.8 Å². The van der Waals surface area contributed by atoms with Crippen LogP contribution in [0.1, 0.15) is 30.8 Å². The van der Waals surface area contributed by atoms with Gasteiger partial charge in [-0.25, -0.2) is 0 Å². The Morgan fingerprint density at radius 2 is 2.04 bits per heavy atom. The maximum Gasteiger partial charge on any atom is 0.191 e. The Hall–Kier alpha value is -2.34. The Morgan fingerprint density at radius 1 is 1.30 bits per heavy atom. The van der Waals surface area contributed by atoms with Gasteiger partial charge in [0.05, 0.1) is 13.3 Å². The molecule has 0 aliphatic heterocycles. The molecule has 0 amide bonds. The van der Waals surface area contributed by atoms with Crippen LogP contribution in [0.3, 0.4) is 0 Å². The molecular weight excluding hydrogens is 310 g/mol. The van der Waals surface area contributed by atoms with Crippen molar-refractivity contribution in [3.63, 3.8) is 0 Å². The van der Waals surface area contributed by atoms with Crippen molar-refractivity contribution >= 4 is 29.2 Å². The van der Waals surface area contributed by atoms with Crippen molar-refractivity contribution in [1.82, 2.24) is 5.43 Å². The average molecular weight is 329 g/mol. The first-order valence-corrected chi connectivity index (χ1v) is 7.90. The van der Waals surface area contributed by atoms with Gasteiger partial charge in [-0.15, -0.1) is 0 Å². The highest BCUT2D eigenvalue weighted by molar-refractivity contribution is 7.80. The van der Waals surface area contributed by atoms with Gasteiger partial charge in [-0.1, -0.05) is 6.92 Å². The fourth-order valence-corrected chi connectivity index (χ4v) is 2.51. The normalized spacial score (nSPS) is 19.6. The number of hydrazone groups is 1. The van der Waals surface area contributed by atoms with Crippen LogP contribution in [0.5, 0.6) is 5.75 Å². The fourth-order valence-electron chi connectivity index (χ4n) is 2.34. The number of benzene rings is 1. The van der Waals surface area contributed by atoms with E-state index in [1.165, 1.54) is 6.42 Å². The summed E-state index contributed by atoms with van der Waals surface area (Å²) in [4.78, 5) is 0. The molecular formula is C17H19N3O2S. The van der Waals surface area contributed by atoms with Crippen molar-refractivity contribution in [2.24, 2.45) is 11.0 Å². The van der Waals surface area contributed by atoms with Gasteiger partial charge in [0.25, 0.3) is 0 Å². The summed E-state index contributed by atoms with van der Waals surface area (Å²) >= 11 is 5.19. The van der Waals surface area contributed by atoms with Gasteiger partial charge in [-0.3, -0.25) is 5.43 Å². The lowest BCUT2D eigenvalue weighted by Gasteiger charge is -2.07. The molecule has 0 radical (unpaired) electrons. The van der Waals surface area contributed by atoms with Crippen LogP contribution in [0, 0.1) is 5.92 Å². The van der Waals surface area contributed by atoms with Crippen LogP contribution in [-0.4, -0.2) is 18.4 Å². The molecule has 1 aliphatic rings. The van der Waals surface area contributed by atoms with E-state index in [4.69, 9.17) is 21.4 Å². The summed E-state index contributed by atoms with van der Waals surface area (Å²) in [6, 6.07) is 11.4. The lowest BCUT2D eigenvalue weighted by Crippen LogP contribution is -2.23. The van der Waals surface area contributed by atoms with Crippen molar-refractivity contribution in [1.29, 1.82) is 0 Å². The van der Waals surface area contributed by atoms with Crippen LogP contribution in [-0.2, 0) is 0 Å². The van der Waals surface area contributed by atoms with Crippen molar-refractivity contribution in [2.75, 3.05) is 12.4 Å². The van der Waals surface area contributed by atoms with Gasteiger partial charge in [-0.2, -0.15) is 5.10 Å². The fraction of sp³-hybridized carbons (Fsp3) is 0.294. The SMILES string of the molecule is COc1ccc(NC(=S)N/N=C\c2ccc([C@H]3C[C@@H]3C)o2)cc1. The smallest absolute Gasteiger partial charge is 0.191 e. The third-order valence-corrected chi connectivity index (χ3v) is 4.02. The zero-order valence-electron chi connectivity index (χ0n) is 13.1. The second-order valence-corrected chi connectivity index (χ2v) is 6.02. The number of ether oxygens (including phenoxy) is 1. The molecule has 0 unspecified atom stereocenters. The van der Waals surface area contributed by atoms with E-state index >= 15 is 0 Å². The Labute approximate surface area is 140 Å². The summed E-state index contributed by atoms with van der Waals surface area (Å²) in [6.07, 6.45) is 2.83.